The molecule has 4 heterocycles. The summed E-state index contributed by atoms with van der Waals surface area (Å²) >= 11 is 0. The van der Waals surface area contributed by atoms with Crippen molar-refractivity contribution in [2.45, 2.75) is 285 Å². The molecule has 16 unspecified atom stereocenters. The lowest BCUT2D eigenvalue weighted by Crippen LogP contribution is -2.87. The molecule has 4 aliphatic heterocycles. The highest BCUT2D eigenvalue weighted by molar-refractivity contribution is 5.92. The van der Waals surface area contributed by atoms with Crippen LogP contribution >= 0.6 is 0 Å². The molecular formula is C105H122N8. The van der Waals surface area contributed by atoms with E-state index in [9.17, 15) is 0 Å². The second-order valence-electron chi connectivity index (χ2n) is 38.8. The predicted octanol–water partition coefficient (Wildman–Crippen LogP) is 24.1. The fraction of sp³-hybridized carbons (Fsp3) is 0.429. The van der Waals surface area contributed by atoms with Crippen LogP contribution in [0, 0.1) is 0 Å². The Morgan fingerprint density at radius 1 is 0.274 bits per heavy atom. The second-order valence-corrected chi connectivity index (χ2v) is 38.8. The van der Waals surface area contributed by atoms with Gasteiger partial charge in [0.25, 0.3) is 0 Å². The highest BCUT2D eigenvalue weighted by Crippen LogP contribution is 2.61. The Bertz CT molecular complexity index is 4850. The molecule has 19 rings (SSSR count). The lowest BCUT2D eigenvalue weighted by Gasteiger charge is -2.74. The Morgan fingerprint density at radius 2 is 0.575 bits per heavy atom. The molecule has 10 aromatic rings. The minimum Gasteiger partial charge on any atom is -0.362 e. The van der Waals surface area contributed by atoms with Gasteiger partial charge >= 0.3 is 0 Å². The number of piperazine rings is 4. The number of rotatable bonds is 13. The second kappa shape index (κ2) is 29.6. The summed E-state index contributed by atoms with van der Waals surface area (Å²) in [4.78, 5) is 25.5. The van der Waals surface area contributed by atoms with Gasteiger partial charge in [0.05, 0.1) is 17.8 Å². The SMILES string of the molecule is CC(C)c1ccccc1N(c1ccccc1C(C)(C)C)C1CC2C3C(C1)N(c1c(-c4ccccc4)cccc1-c1ccccc1)C1CC4C(CC1N3C1CCCCC1N2c1ccccc1)N1C2CCCCC2N(c2ccccc2)C2CC(N(c3ccccc3C(C)(C)C)c3ccccc3C(C)(C)C)CC(C21)N4c1ccccc1. The van der Waals surface area contributed by atoms with E-state index in [1.54, 1.807) is 0 Å². The van der Waals surface area contributed by atoms with E-state index in [0.29, 0.717) is 36.1 Å². The minimum atomic E-state index is -0.117. The lowest BCUT2D eigenvalue weighted by molar-refractivity contribution is -0.118. The molecule has 5 saturated carbocycles. The molecule has 10 aromatic carbocycles. The molecule has 9 aliphatic rings. The van der Waals surface area contributed by atoms with Crippen molar-refractivity contribution < 1.29 is 0 Å². The molecule has 0 radical (unpaired) electrons. The van der Waals surface area contributed by atoms with Crippen molar-refractivity contribution in [2.75, 3.05) is 29.4 Å². The van der Waals surface area contributed by atoms with E-state index in [2.05, 4.69) is 382 Å². The monoisotopic (exact) mass is 1490 g/mol. The molecule has 0 amide bonds. The van der Waals surface area contributed by atoms with Crippen LogP contribution in [0.3, 0.4) is 0 Å². The molecule has 0 bridgehead atoms. The molecule has 8 heteroatoms. The Kier molecular flexibility index (Phi) is 19.4. The molecule has 113 heavy (non-hydrogen) atoms. The molecule has 9 fully saturated rings. The smallest absolute Gasteiger partial charge is 0.0531 e. The maximum atomic E-state index is 3.44. The summed E-state index contributed by atoms with van der Waals surface area (Å²) in [5.41, 5.74) is 21.7. The van der Waals surface area contributed by atoms with E-state index in [1.807, 2.05) is 0 Å². The molecule has 582 valence electrons. The van der Waals surface area contributed by atoms with Gasteiger partial charge in [-0.3, -0.25) is 9.80 Å². The first-order valence-electron chi connectivity index (χ1n) is 43.9. The van der Waals surface area contributed by atoms with Crippen LogP contribution < -0.4 is 29.4 Å². The fourth-order valence-electron chi connectivity index (χ4n) is 25.0. The Labute approximate surface area is 676 Å². The highest BCUT2D eigenvalue weighted by atomic mass is 15.5. The summed E-state index contributed by atoms with van der Waals surface area (Å²) in [7, 11) is 0. The van der Waals surface area contributed by atoms with Crippen LogP contribution in [0.25, 0.3) is 22.3 Å². The van der Waals surface area contributed by atoms with Crippen molar-refractivity contribution in [2.24, 2.45) is 0 Å². The van der Waals surface area contributed by atoms with Gasteiger partial charge in [-0.1, -0.05) is 308 Å². The number of hydrogen-bond acceptors (Lipinski definition) is 8. The van der Waals surface area contributed by atoms with E-state index in [1.165, 1.54) is 141 Å². The van der Waals surface area contributed by atoms with Gasteiger partial charge in [-0.2, -0.15) is 0 Å². The van der Waals surface area contributed by atoms with Crippen LogP contribution in [-0.2, 0) is 16.2 Å². The molecule has 0 N–H and O–H groups in total. The van der Waals surface area contributed by atoms with Gasteiger partial charge in [0.2, 0.25) is 0 Å². The first-order valence-corrected chi connectivity index (χ1v) is 43.9. The quantitative estimate of drug-likeness (QED) is 0.113. The minimum absolute atomic E-state index is 0.106. The zero-order valence-corrected chi connectivity index (χ0v) is 69.2. The lowest BCUT2D eigenvalue weighted by atomic mass is 9.63. The van der Waals surface area contributed by atoms with E-state index in [4.69, 9.17) is 0 Å². The van der Waals surface area contributed by atoms with Gasteiger partial charge in [0.15, 0.2) is 0 Å². The van der Waals surface area contributed by atoms with Gasteiger partial charge in [-0.15, -0.1) is 0 Å². The van der Waals surface area contributed by atoms with Crippen LogP contribution in [0.1, 0.15) is 194 Å². The van der Waals surface area contributed by atoms with Crippen LogP contribution in [0.5, 0.6) is 0 Å². The average molecular weight is 1500 g/mol. The summed E-state index contributed by atoms with van der Waals surface area (Å²) in [6.07, 6.45) is 16.3. The number of benzene rings is 10. The molecule has 4 saturated heterocycles. The van der Waals surface area contributed by atoms with Crippen molar-refractivity contribution in [3.63, 3.8) is 0 Å². The topological polar surface area (TPSA) is 25.9 Å². The van der Waals surface area contributed by atoms with Crippen LogP contribution in [0.2, 0.25) is 0 Å². The fourth-order valence-corrected chi connectivity index (χ4v) is 25.0. The van der Waals surface area contributed by atoms with Gasteiger partial charge in [-0.05, 0) is 180 Å². The number of nitrogens with zero attached hydrogens (tertiary/aromatic N) is 8. The maximum Gasteiger partial charge on any atom is 0.0531 e. The summed E-state index contributed by atoms with van der Waals surface area (Å²) < 4.78 is 0. The summed E-state index contributed by atoms with van der Waals surface area (Å²) in [6, 6.07) is 109. The van der Waals surface area contributed by atoms with Gasteiger partial charge < -0.3 is 29.4 Å². The number of para-hydroxylation sites is 8. The third-order valence-electron chi connectivity index (χ3n) is 29.0. The van der Waals surface area contributed by atoms with E-state index < -0.39 is 0 Å². The molecule has 16 atom stereocenters. The Morgan fingerprint density at radius 3 is 0.956 bits per heavy atom. The molecule has 0 spiro atoms. The van der Waals surface area contributed by atoms with Crippen LogP contribution in [0.15, 0.2) is 267 Å². The van der Waals surface area contributed by atoms with Gasteiger partial charge in [0, 0.05) is 136 Å². The normalized spacial score (nSPS) is 28.3. The Balaban J connectivity index is 0.876. The maximum absolute atomic E-state index is 3.44. The van der Waals surface area contributed by atoms with Crippen LogP contribution in [-0.4, -0.2) is 106 Å². The third kappa shape index (κ3) is 12.9. The van der Waals surface area contributed by atoms with Crippen LogP contribution in [0.4, 0.5) is 45.5 Å². The van der Waals surface area contributed by atoms with Crippen molar-refractivity contribution in [3.05, 3.63) is 289 Å². The standard InChI is InChI=1S/C105H122N8/c1-70(2)78-50-27-31-56-84(78)109(85-57-32-28-53-81(85)103(3,4)5)76-64-97-102-99(67-76)113(100-79(71-40-17-12-18-41-71)51-39-52-80(100)72-42-19-13-20-43-72)95-68-92-93(69-94(95)112(102)91-63-38-36-61-89(91)107(97)74-46-23-15-24-47-74)111-90-62-37-35-60-88(90)106(73-44-21-14-22-45-73)96-65-77(66-98(101(96)111)108(92)75-48-25-16-26-49-75)110(86-58-33-29-54-82(86)104(6,7)8)87-59-34-30-55-83(87)105(9,10)11/h12-34,39-59,70,76-77,88-99,101-102H,35-38,60-69H2,1-11H3. The third-order valence-corrected chi connectivity index (χ3v) is 29.0. The molecule has 5 aliphatic carbocycles. The van der Waals surface area contributed by atoms with E-state index >= 15 is 0 Å². The first-order chi connectivity index (χ1) is 54.9. The van der Waals surface area contributed by atoms with Crippen molar-refractivity contribution >= 4 is 45.5 Å². The number of anilines is 8. The number of hydrogen-bond donors (Lipinski definition) is 0. The van der Waals surface area contributed by atoms with Crippen molar-refractivity contribution in [3.8, 4) is 22.3 Å². The summed E-state index contributed by atoms with van der Waals surface area (Å²) in [5, 5.41) is 0. The number of fused-ring (bicyclic) bond motifs is 8. The van der Waals surface area contributed by atoms with Crippen molar-refractivity contribution in [1.29, 1.82) is 0 Å². The Hall–Kier alpha value is -9.08. The van der Waals surface area contributed by atoms with Gasteiger partial charge in [0.1, 0.15) is 0 Å². The molecule has 8 nitrogen and oxygen atoms in total. The average Bonchev–Trinajstić information content (AvgIpc) is 0.679. The molecular weight excluding hydrogens is 1370 g/mol. The summed E-state index contributed by atoms with van der Waals surface area (Å²) in [6.45, 7) is 26.9. The first kappa shape index (κ1) is 74.1. The largest absolute Gasteiger partial charge is 0.362 e. The zero-order chi connectivity index (χ0) is 77.2. The van der Waals surface area contributed by atoms with E-state index in [-0.39, 0.29) is 82.7 Å². The van der Waals surface area contributed by atoms with Crippen molar-refractivity contribution in [1.82, 2.24) is 9.80 Å². The predicted molar refractivity (Wildman–Crippen MR) is 476 cm³/mol. The van der Waals surface area contributed by atoms with E-state index in [0.717, 1.165) is 38.5 Å². The molecule has 0 aromatic heterocycles. The zero-order valence-electron chi connectivity index (χ0n) is 69.2. The summed E-state index contributed by atoms with van der Waals surface area (Å²) in [5.74, 6) is 0.318. The highest BCUT2D eigenvalue weighted by Gasteiger charge is 2.68. The van der Waals surface area contributed by atoms with Gasteiger partial charge in [-0.25, -0.2) is 0 Å².